The van der Waals surface area contributed by atoms with E-state index in [9.17, 15) is 4.79 Å². The minimum Gasteiger partial charge on any atom is -0.299 e. The molecular formula is C7H14O. The number of ketones is 1. The summed E-state index contributed by atoms with van der Waals surface area (Å²) in [7, 11) is 0. The monoisotopic (exact) mass is 119 g/mol. The van der Waals surface area contributed by atoms with Gasteiger partial charge in [0.15, 0.2) is 0 Å². The Morgan fingerprint density at radius 2 is 2.25 bits per heavy atom. The molecule has 0 atom stereocenters. The molecule has 0 aliphatic carbocycles. The fourth-order valence-corrected chi connectivity index (χ4v) is 0.188. The molecule has 0 bridgehead atoms. The van der Waals surface area contributed by atoms with Gasteiger partial charge in [-0.1, -0.05) is 27.6 Å². The van der Waals surface area contributed by atoms with Crippen molar-refractivity contribution in [3.05, 3.63) is 0 Å². The second kappa shape index (κ2) is 2.29. The van der Waals surface area contributed by atoms with Crippen LogP contribution in [0.4, 0.5) is 0 Å². The van der Waals surface area contributed by atoms with E-state index in [-0.39, 0.29) is 0 Å². The van der Waals surface area contributed by atoms with Crippen LogP contribution in [0.2, 0.25) is 0 Å². The largest absolute Gasteiger partial charge is 0.299 e. The van der Waals surface area contributed by atoms with Gasteiger partial charge in [-0.3, -0.25) is 4.79 Å². The molecule has 0 radical (unpaired) electrons. The molecule has 0 aromatic rings. The Morgan fingerprint density at radius 3 is 2.38 bits per heavy atom. The van der Waals surface area contributed by atoms with Crippen LogP contribution < -0.4 is 0 Å². The van der Waals surface area contributed by atoms with Crippen molar-refractivity contribution in [3.63, 3.8) is 0 Å². The Morgan fingerprint density at radius 1 is 1.75 bits per heavy atom. The fraction of sp³-hybridized carbons (Fsp3) is 0.857. The van der Waals surface area contributed by atoms with Gasteiger partial charge in [-0.05, 0) is 0 Å². The van der Waals surface area contributed by atoms with Crippen molar-refractivity contribution < 1.29 is 11.6 Å². The first-order valence-corrected chi connectivity index (χ1v) is 2.45. The Labute approximate surface area is 58.1 Å². The van der Waals surface area contributed by atoms with E-state index in [1.807, 2.05) is 0 Å². The van der Waals surface area contributed by atoms with Gasteiger partial charge in [0.2, 0.25) is 0 Å². The lowest BCUT2D eigenvalue weighted by Crippen LogP contribution is -2.18. The molecule has 0 aliphatic rings. The second-order valence-electron chi connectivity index (χ2n) is 2.70. The van der Waals surface area contributed by atoms with Gasteiger partial charge in [-0.25, -0.2) is 0 Å². The SMILES string of the molecule is [2H]C([2H])([2H])C([2H])([2H])C(=O)C(C)(C)C. The second-order valence-corrected chi connectivity index (χ2v) is 2.70. The van der Waals surface area contributed by atoms with E-state index >= 15 is 0 Å². The Balaban J connectivity index is 4.98. The molecule has 0 aliphatic heterocycles. The average molecular weight is 119 g/mol. The normalized spacial score (nSPS) is 24.1. The third kappa shape index (κ3) is 2.10. The molecule has 0 spiro atoms. The van der Waals surface area contributed by atoms with E-state index in [2.05, 4.69) is 0 Å². The molecule has 0 heterocycles. The van der Waals surface area contributed by atoms with E-state index in [1.165, 1.54) is 20.8 Å². The topological polar surface area (TPSA) is 17.1 Å². The number of carbonyl (C=O) groups excluding carboxylic acids is 1. The van der Waals surface area contributed by atoms with Crippen LogP contribution in [0.1, 0.15) is 40.8 Å². The molecule has 0 saturated heterocycles. The maximum atomic E-state index is 11.4. The number of carbonyl (C=O) groups is 1. The zero-order valence-electron chi connectivity index (χ0n) is 10.4. The van der Waals surface area contributed by atoms with Crippen molar-refractivity contribution in [1.29, 1.82) is 0 Å². The first-order chi connectivity index (χ1) is 5.40. The summed E-state index contributed by atoms with van der Waals surface area (Å²) < 4.78 is 35.0. The minimum atomic E-state index is -2.89. The van der Waals surface area contributed by atoms with E-state index in [4.69, 9.17) is 6.85 Å². The summed E-state index contributed by atoms with van der Waals surface area (Å²) in [4.78, 5) is 11.4. The predicted octanol–water partition coefficient (Wildman–Crippen LogP) is 2.01. The zero-order chi connectivity index (χ0) is 11.1. The van der Waals surface area contributed by atoms with Crippen molar-refractivity contribution in [2.24, 2.45) is 5.41 Å². The van der Waals surface area contributed by atoms with Gasteiger partial charge in [0, 0.05) is 18.6 Å². The summed E-state index contributed by atoms with van der Waals surface area (Å²) in [5.74, 6) is -0.889. The summed E-state index contributed by atoms with van der Waals surface area (Å²) in [6.07, 6.45) is -2.76. The summed E-state index contributed by atoms with van der Waals surface area (Å²) in [6.45, 7) is 1.61. The van der Waals surface area contributed by atoms with Gasteiger partial charge < -0.3 is 0 Å². The highest BCUT2D eigenvalue weighted by Crippen LogP contribution is 2.15. The molecular weight excluding hydrogens is 100 g/mol. The van der Waals surface area contributed by atoms with E-state index in [0.29, 0.717) is 0 Å². The molecule has 0 aromatic heterocycles. The molecule has 48 valence electrons. The highest BCUT2D eigenvalue weighted by Gasteiger charge is 2.17. The molecule has 8 heavy (non-hydrogen) atoms. The van der Waals surface area contributed by atoms with Gasteiger partial charge in [0.1, 0.15) is 5.78 Å². The lowest BCUT2D eigenvalue weighted by Gasteiger charge is -2.13. The van der Waals surface area contributed by atoms with Crippen molar-refractivity contribution in [2.75, 3.05) is 0 Å². The van der Waals surface area contributed by atoms with Crippen LogP contribution in [0.25, 0.3) is 0 Å². The molecule has 0 saturated carbocycles. The molecule has 0 N–H and O–H groups in total. The first kappa shape index (κ1) is 2.51. The third-order valence-corrected chi connectivity index (χ3v) is 0.795. The zero-order valence-corrected chi connectivity index (χ0v) is 5.41. The van der Waals surface area contributed by atoms with Gasteiger partial charge in [-0.15, -0.1) is 0 Å². The number of hydrogen-bond acceptors (Lipinski definition) is 1. The molecule has 0 rings (SSSR count). The summed E-state index contributed by atoms with van der Waals surface area (Å²) in [6, 6.07) is 0. The van der Waals surface area contributed by atoms with Crippen molar-refractivity contribution in [3.8, 4) is 0 Å². The maximum absolute atomic E-state index is 11.4. The van der Waals surface area contributed by atoms with Gasteiger partial charge in [-0.2, -0.15) is 0 Å². The first-order valence-electron chi connectivity index (χ1n) is 4.95. The molecule has 0 aromatic carbocycles. The van der Waals surface area contributed by atoms with Crippen molar-refractivity contribution in [1.82, 2.24) is 0 Å². The van der Waals surface area contributed by atoms with Crippen LogP contribution in [0.5, 0.6) is 0 Å². The van der Waals surface area contributed by atoms with Crippen LogP contribution >= 0.6 is 0 Å². The predicted molar refractivity (Wildman–Crippen MR) is 34.8 cm³/mol. The van der Waals surface area contributed by atoms with Crippen LogP contribution in [-0.4, -0.2) is 5.78 Å². The van der Waals surface area contributed by atoms with Crippen LogP contribution in [0, 0.1) is 5.41 Å². The summed E-state index contributed by atoms with van der Waals surface area (Å²) in [5, 5.41) is 0. The number of hydrogen-bond donors (Lipinski definition) is 0. The van der Waals surface area contributed by atoms with Gasteiger partial charge in [0.05, 0.1) is 0 Å². The Bertz CT molecular complexity index is 210. The van der Waals surface area contributed by atoms with E-state index in [0.717, 1.165) is 0 Å². The van der Waals surface area contributed by atoms with Crippen LogP contribution in [0.15, 0.2) is 0 Å². The Kier molecular flexibility index (Phi) is 0.718. The molecule has 1 heteroatoms. The maximum Gasteiger partial charge on any atom is 0.137 e. The minimum absolute atomic E-state index is 0.889. The summed E-state index contributed by atoms with van der Waals surface area (Å²) in [5.41, 5.74) is -0.974. The third-order valence-electron chi connectivity index (χ3n) is 0.795. The molecule has 1 nitrogen and oxygen atoms in total. The number of Topliss-reactive ketones (excluding diaryl/α,β-unsaturated/α-hetero) is 1. The van der Waals surface area contributed by atoms with Crippen molar-refractivity contribution >= 4 is 5.78 Å². The number of rotatable bonds is 1. The molecule has 0 amide bonds. The van der Waals surface area contributed by atoms with E-state index in [1.54, 1.807) is 0 Å². The van der Waals surface area contributed by atoms with E-state index < -0.39 is 24.4 Å². The lowest BCUT2D eigenvalue weighted by atomic mass is 9.90. The standard InChI is InChI=1S/C7H14O/c1-5-6(8)7(2,3)4/h5H2,1-4H3/i1D3,5D2. The molecule has 0 fully saturated rings. The van der Waals surface area contributed by atoms with Crippen LogP contribution in [0.3, 0.4) is 0 Å². The molecule has 0 unspecified atom stereocenters. The van der Waals surface area contributed by atoms with Crippen molar-refractivity contribution in [2.45, 2.75) is 34.0 Å². The quantitative estimate of drug-likeness (QED) is 0.516. The average Bonchev–Trinajstić information content (AvgIpc) is 1.81. The van der Waals surface area contributed by atoms with Gasteiger partial charge in [0.25, 0.3) is 0 Å². The Hall–Kier alpha value is -0.330. The highest BCUT2D eigenvalue weighted by atomic mass is 16.1. The smallest absolute Gasteiger partial charge is 0.137 e. The lowest BCUT2D eigenvalue weighted by molar-refractivity contribution is -0.125. The van der Waals surface area contributed by atoms with Crippen LogP contribution in [-0.2, 0) is 4.79 Å². The highest BCUT2D eigenvalue weighted by molar-refractivity contribution is 5.83. The fourth-order valence-electron chi connectivity index (χ4n) is 0.188. The van der Waals surface area contributed by atoms with Gasteiger partial charge >= 0.3 is 0 Å². The summed E-state index contributed by atoms with van der Waals surface area (Å²) >= 11 is 0.